The van der Waals surface area contributed by atoms with Gasteiger partial charge in [0.2, 0.25) is 5.91 Å². The molecule has 1 N–H and O–H groups in total. The first kappa shape index (κ1) is 18.2. The highest BCUT2D eigenvalue weighted by molar-refractivity contribution is 6.33. The van der Waals surface area contributed by atoms with Crippen LogP contribution in [0.5, 0.6) is 0 Å². The maximum Gasteiger partial charge on any atom is 0.225 e. The third-order valence-corrected chi connectivity index (χ3v) is 4.70. The van der Waals surface area contributed by atoms with Gasteiger partial charge in [0, 0.05) is 28.9 Å². The minimum Gasteiger partial charge on any atom is -0.327 e. The van der Waals surface area contributed by atoms with Crippen molar-refractivity contribution in [3.63, 3.8) is 0 Å². The van der Waals surface area contributed by atoms with Gasteiger partial charge in [-0.25, -0.2) is 0 Å². The molecule has 0 spiro atoms. The molecule has 0 aliphatic rings. The molecule has 0 aliphatic heterocycles. The van der Waals surface area contributed by atoms with E-state index in [1.54, 1.807) is 6.07 Å². The predicted octanol–water partition coefficient (Wildman–Crippen LogP) is 5.08. The number of nitrogens with one attached hydrogen (secondary N) is 1. The molecule has 2 aromatic carbocycles. The summed E-state index contributed by atoms with van der Waals surface area (Å²) in [5, 5.41) is 4.04. The highest BCUT2D eigenvalue weighted by atomic mass is 35.5. The van der Waals surface area contributed by atoms with Crippen LogP contribution in [0.4, 0.5) is 5.82 Å². The molecule has 0 radical (unpaired) electrons. The van der Waals surface area contributed by atoms with Crippen molar-refractivity contribution in [2.24, 2.45) is 0 Å². The summed E-state index contributed by atoms with van der Waals surface area (Å²) in [4.78, 5) is 25.6. The molecule has 4 nitrogen and oxygen atoms in total. The fourth-order valence-electron chi connectivity index (χ4n) is 3.19. The lowest BCUT2D eigenvalue weighted by molar-refractivity contribution is -0.116. The summed E-state index contributed by atoms with van der Waals surface area (Å²) >= 11 is 6.39. The number of aryl methyl sites for hydroxylation is 1. The fourth-order valence-corrected chi connectivity index (χ4v) is 3.42. The predicted molar refractivity (Wildman–Crippen MR) is 108 cm³/mol. The molecule has 1 amide bonds. The average Bonchev–Trinajstić information content (AvgIpc) is 2.64. The lowest BCUT2D eigenvalue weighted by Crippen LogP contribution is -2.22. The standard InChI is InChI=1S/C21H21ClN2O2/c1-3-9-18(25)23-21-19(14-10-5-7-12-16(14)22)20(26)15-11-6-8-13-17(15)24(21)4-2/h5-8,10-13H,3-4,9H2,1-2H3,(H,23,25). The number of fused-ring (bicyclic) bond motifs is 1. The average molecular weight is 369 g/mol. The third kappa shape index (κ3) is 3.25. The van der Waals surface area contributed by atoms with Crippen molar-refractivity contribution >= 4 is 34.2 Å². The Morgan fingerprint density at radius 1 is 1.08 bits per heavy atom. The van der Waals surface area contributed by atoms with Gasteiger partial charge < -0.3 is 9.88 Å². The van der Waals surface area contributed by atoms with Crippen molar-refractivity contribution in [1.29, 1.82) is 0 Å². The normalized spacial score (nSPS) is 10.9. The summed E-state index contributed by atoms with van der Waals surface area (Å²) in [7, 11) is 0. The van der Waals surface area contributed by atoms with Crippen molar-refractivity contribution in [2.75, 3.05) is 5.32 Å². The molecular formula is C21H21ClN2O2. The number of amides is 1. The van der Waals surface area contributed by atoms with Crippen LogP contribution in [0, 0.1) is 0 Å². The highest BCUT2D eigenvalue weighted by Crippen LogP contribution is 2.33. The minimum absolute atomic E-state index is 0.113. The Morgan fingerprint density at radius 2 is 1.77 bits per heavy atom. The van der Waals surface area contributed by atoms with E-state index >= 15 is 0 Å². The smallest absolute Gasteiger partial charge is 0.225 e. The van der Waals surface area contributed by atoms with Crippen LogP contribution in [0.3, 0.4) is 0 Å². The first-order valence-corrected chi connectivity index (χ1v) is 9.16. The monoisotopic (exact) mass is 368 g/mol. The van der Waals surface area contributed by atoms with E-state index in [2.05, 4.69) is 5.32 Å². The SMILES string of the molecule is CCCC(=O)Nc1c(-c2ccccc2Cl)c(=O)c2ccccc2n1CC. The quantitative estimate of drug-likeness (QED) is 0.682. The summed E-state index contributed by atoms with van der Waals surface area (Å²) in [6, 6.07) is 14.7. The van der Waals surface area contributed by atoms with Gasteiger partial charge >= 0.3 is 0 Å². The van der Waals surface area contributed by atoms with Crippen molar-refractivity contribution in [3.05, 3.63) is 63.8 Å². The number of nitrogens with zero attached hydrogens (tertiary/aromatic N) is 1. The van der Waals surface area contributed by atoms with Crippen LogP contribution >= 0.6 is 11.6 Å². The number of benzene rings is 2. The molecule has 0 bridgehead atoms. The first-order chi connectivity index (χ1) is 12.6. The summed E-state index contributed by atoms with van der Waals surface area (Å²) in [5.41, 5.74) is 1.72. The Labute approximate surface area is 157 Å². The van der Waals surface area contributed by atoms with Gasteiger partial charge in [0.1, 0.15) is 5.82 Å². The minimum atomic E-state index is -0.134. The number of pyridine rings is 1. The molecule has 0 saturated heterocycles. The van der Waals surface area contributed by atoms with E-state index in [0.29, 0.717) is 40.3 Å². The molecule has 3 aromatic rings. The number of para-hydroxylation sites is 1. The van der Waals surface area contributed by atoms with Crippen LogP contribution in [0.1, 0.15) is 26.7 Å². The number of hydrogen-bond acceptors (Lipinski definition) is 2. The summed E-state index contributed by atoms with van der Waals surface area (Å²) < 4.78 is 1.96. The fraction of sp³-hybridized carbons (Fsp3) is 0.238. The van der Waals surface area contributed by atoms with Crippen molar-refractivity contribution in [2.45, 2.75) is 33.2 Å². The molecule has 1 aromatic heterocycles. The van der Waals surface area contributed by atoms with E-state index in [4.69, 9.17) is 11.6 Å². The molecule has 3 rings (SSSR count). The van der Waals surface area contributed by atoms with Gasteiger partial charge in [-0.05, 0) is 31.5 Å². The number of rotatable bonds is 5. The van der Waals surface area contributed by atoms with Gasteiger partial charge in [-0.3, -0.25) is 9.59 Å². The van der Waals surface area contributed by atoms with E-state index in [1.165, 1.54) is 0 Å². The van der Waals surface area contributed by atoms with E-state index < -0.39 is 0 Å². The molecule has 0 fully saturated rings. The maximum absolute atomic E-state index is 13.3. The zero-order valence-corrected chi connectivity index (χ0v) is 15.6. The summed E-state index contributed by atoms with van der Waals surface area (Å²) in [6.07, 6.45) is 1.13. The van der Waals surface area contributed by atoms with Crippen LogP contribution < -0.4 is 10.7 Å². The molecule has 0 unspecified atom stereocenters. The zero-order chi connectivity index (χ0) is 18.7. The second-order valence-electron chi connectivity index (χ2n) is 6.09. The Morgan fingerprint density at radius 3 is 2.46 bits per heavy atom. The third-order valence-electron chi connectivity index (χ3n) is 4.37. The molecule has 26 heavy (non-hydrogen) atoms. The second kappa shape index (κ2) is 7.75. The number of hydrogen-bond donors (Lipinski definition) is 1. The van der Waals surface area contributed by atoms with Crippen LogP contribution in [0.25, 0.3) is 22.0 Å². The summed E-state index contributed by atoms with van der Waals surface area (Å²) in [6.45, 7) is 4.55. The second-order valence-corrected chi connectivity index (χ2v) is 6.50. The number of anilines is 1. The molecule has 0 aliphatic carbocycles. The zero-order valence-electron chi connectivity index (χ0n) is 14.9. The van der Waals surface area contributed by atoms with E-state index in [0.717, 1.165) is 11.9 Å². The maximum atomic E-state index is 13.3. The van der Waals surface area contributed by atoms with Crippen molar-refractivity contribution < 1.29 is 4.79 Å². The summed E-state index contributed by atoms with van der Waals surface area (Å²) in [5.74, 6) is 0.389. The van der Waals surface area contributed by atoms with Gasteiger partial charge in [0.05, 0.1) is 11.1 Å². The number of carbonyl (C=O) groups is 1. The lowest BCUT2D eigenvalue weighted by atomic mass is 10.0. The van der Waals surface area contributed by atoms with Gasteiger partial charge in [0.25, 0.3) is 0 Å². The number of halogens is 1. The first-order valence-electron chi connectivity index (χ1n) is 8.78. The van der Waals surface area contributed by atoms with Crippen molar-refractivity contribution in [3.8, 4) is 11.1 Å². The van der Waals surface area contributed by atoms with E-state index in [-0.39, 0.29) is 11.3 Å². The number of aromatic nitrogens is 1. The van der Waals surface area contributed by atoms with Gasteiger partial charge in [-0.2, -0.15) is 0 Å². The van der Waals surface area contributed by atoms with Crippen LogP contribution in [0.15, 0.2) is 53.3 Å². The highest BCUT2D eigenvalue weighted by Gasteiger charge is 2.20. The Bertz CT molecular complexity index is 1020. The molecule has 5 heteroatoms. The molecule has 1 heterocycles. The van der Waals surface area contributed by atoms with Crippen molar-refractivity contribution in [1.82, 2.24) is 4.57 Å². The molecule has 0 atom stereocenters. The Hall–Kier alpha value is -2.59. The van der Waals surface area contributed by atoms with Crippen LogP contribution in [-0.2, 0) is 11.3 Å². The van der Waals surface area contributed by atoms with E-state index in [9.17, 15) is 9.59 Å². The molecular weight excluding hydrogens is 348 g/mol. The largest absolute Gasteiger partial charge is 0.327 e. The molecule has 134 valence electrons. The van der Waals surface area contributed by atoms with Crippen LogP contribution in [0.2, 0.25) is 5.02 Å². The number of carbonyl (C=O) groups excluding carboxylic acids is 1. The van der Waals surface area contributed by atoms with E-state index in [1.807, 2.05) is 60.9 Å². The van der Waals surface area contributed by atoms with Gasteiger partial charge in [-0.15, -0.1) is 0 Å². The lowest BCUT2D eigenvalue weighted by Gasteiger charge is -2.20. The topological polar surface area (TPSA) is 51.1 Å². The molecule has 0 saturated carbocycles. The van der Waals surface area contributed by atoms with Gasteiger partial charge in [-0.1, -0.05) is 48.9 Å². The Balaban J connectivity index is 2.40. The van der Waals surface area contributed by atoms with Crippen LogP contribution in [-0.4, -0.2) is 10.5 Å². The van der Waals surface area contributed by atoms with Gasteiger partial charge in [0.15, 0.2) is 5.43 Å². The Kier molecular flexibility index (Phi) is 5.43.